The lowest BCUT2D eigenvalue weighted by Crippen LogP contribution is -1.69. The van der Waals surface area contributed by atoms with Crippen molar-refractivity contribution >= 4 is 0 Å². The Bertz CT molecular complexity index is 244. The Morgan fingerprint density at radius 2 is 1.67 bits per heavy atom. The average Bonchev–Trinajstić information content (AvgIpc) is 2.10. The number of hydrogen-bond donors (Lipinski definition) is 0. The maximum absolute atomic E-state index is 4.95. The molecule has 0 spiro atoms. The van der Waals surface area contributed by atoms with Crippen LogP contribution in [0.5, 0.6) is 0 Å². The van der Waals surface area contributed by atoms with Crippen LogP contribution in [0.2, 0.25) is 0 Å². The van der Waals surface area contributed by atoms with Gasteiger partial charge in [0, 0.05) is 19.3 Å². The van der Waals surface area contributed by atoms with Crippen molar-refractivity contribution in [3.8, 4) is 36.0 Å². The first-order valence-electron chi connectivity index (χ1n) is 4.31. The summed E-state index contributed by atoms with van der Waals surface area (Å²) in [6.07, 6.45) is 10.0. The van der Waals surface area contributed by atoms with Gasteiger partial charge >= 0.3 is 0 Å². The molecule has 0 bridgehead atoms. The summed E-state index contributed by atoms with van der Waals surface area (Å²) in [4.78, 5) is 0. The molecule has 0 aromatic carbocycles. The van der Waals surface area contributed by atoms with E-state index in [0.717, 1.165) is 19.3 Å². The van der Waals surface area contributed by atoms with Crippen molar-refractivity contribution < 1.29 is 0 Å². The second-order valence-electron chi connectivity index (χ2n) is 2.40. The van der Waals surface area contributed by atoms with Gasteiger partial charge in [-0.15, -0.1) is 18.3 Å². The molecule has 0 nitrogen and oxygen atoms in total. The number of hydrogen-bond acceptors (Lipinski definition) is 0. The van der Waals surface area contributed by atoms with E-state index in [0.29, 0.717) is 0 Å². The van der Waals surface area contributed by atoms with Crippen molar-refractivity contribution in [3.05, 3.63) is 0 Å². The summed E-state index contributed by atoms with van der Waals surface area (Å²) >= 11 is 0. The molecule has 0 aromatic rings. The van der Waals surface area contributed by atoms with Crippen LogP contribution in [0.4, 0.5) is 0 Å². The van der Waals surface area contributed by atoms with Crippen LogP contribution in [0.15, 0.2) is 0 Å². The Morgan fingerprint density at radius 1 is 1.00 bits per heavy atom. The highest BCUT2D eigenvalue weighted by molar-refractivity contribution is 5.22. The van der Waals surface area contributed by atoms with E-state index in [1.807, 2.05) is 0 Å². The minimum atomic E-state index is 0.795. The van der Waals surface area contributed by atoms with E-state index in [1.54, 1.807) is 0 Å². The SMILES string of the molecule is C#CC#CCCC#CCCCC. The standard InChI is InChI=1S/C12H14/c1-3-5-7-9-11-12-10-8-6-4-2/h1H,4,6,8-9,11H2,2H3. The number of terminal acetylenes is 1. The van der Waals surface area contributed by atoms with Crippen LogP contribution in [0, 0.1) is 36.0 Å². The topological polar surface area (TPSA) is 0 Å². The number of unbranched alkanes of at least 4 members (excludes halogenated alkanes) is 3. The van der Waals surface area contributed by atoms with Crippen molar-refractivity contribution in [2.24, 2.45) is 0 Å². The van der Waals surface area contributed by atoms with E-state index in [1.165, 1.54) is 12.8 Å². The fraction of sp³-hybridized carbons (Fsp3) is 0.500. The van der Waals surface area contributed by atoms with Gasteiger partial charge in [-0.05, 0) is 18.3 Å². The highest BCUT2D eigenvalue weighted by Gasteiger charge is 1.76. The van der Waals surface area contributed by atoms with E-state index in [2.05, 4.69) is 36.5 Å². The third-order valence-electron chi connectivity index (χ3n) is 1.32. The minimum absolute atomic E-state index is 0.795. The fourth-order valence-corrected chi connectivity index (χ4v) is 0.680. The van der Waals surface area contributed by atoms with Gasteiger partial charge in [0.05, 0.1) is 0 Å². The molecular weight excluding hydrogens is 144 g/mol. The maximum Gasteiger partial charge on any atom is 0.0209 e. The molecule has 0 aliphatic rings. The first kappa shape index (κ1) is 10.7. The van der Waals surface area contributed by atoms with E-state index in [-0.39, 0.29) is 0 Å². The molecule has 0 rings (SSSR count). The molecule has 0 saturated carbocycles. The summed E-state index contributed by atoms with van der Waals surface area (Å²) < 4.78 is 0. The first-order valence-corrected chi connectivity index (χ1v) is 4.31. The zero-order valence-corrected chi connectivity index (χ0v) is 7.61. The summed E-state index contributed by atoms with van der Waals surface area (Å²) in [6.45, 7) is 2.17. The van der Waals surface area contributed by atoms with Gasteiger partial charge in [0.1, 0.15) is 0 Å². The van der Waals surface area contributed by atoms with Gasteiger partial charge in [0.25, 0.3) is 0 Å². The molecule has 0 atom stereocenters. The van der Waals surface area contributed by atoms with E-state index in [9.17, 15) is 0 Å². The Kier molecular flexibility index (Phi) is 8.62. The molecule has 0 fully saturated rings. The monoisotopic (exact) mass is 158 g/mol. The largest absolute Gasteiger partial charge is 0.106 e. The van der Waals surface area contributed by atoms with Gasteiger partial charge in [-0.2, -0.15) is 0 Å². The quantitative estimate of drug-likeness (QED) is 0.437. The Labute approximate surface area is 75.8 Å². The maximum atomic E-state index is 4.95. The van der Waals surface area contributed by atoms with E-state index >= 15 is 0 Å². The number of rotatable bonds is 3. The summed E-state index contributed by atoms with van der Waals surface area (Å²) in [5.74, 6) is 13.8. The molecule has 0 N–H and O–H groups in total. The minimum Gasteiger partial charge on any atom is -0.106 e. The molecule has 0 aromatic heterocycles. The lowest BCUT2D eigenvalue weighted by Gasteiger charge is -1.83. The van der Waals surface area contributed by atoms with Crippen LogP contribution >= 0.6 is 0 Å². The molecule has 0 radical (unpaired) electrons. The molecule has 0 aliphatic carbocycles. The Morgan fingerprint density at radius 3 is 2.33 bits per heavy atom. The Balaban J connectivity index is 3.28. The van der Waals surface area contributed by atoms with Crippen LogP contribution in [0.1, 0.15) is 39.0 Å². The molecule has 0 aliphatic heterocycles. The average molecular weight is 158 g/mol. The summed E-state index contributed by atoms with van der Waals surface area (Å²) in [5.41, 5.74) is 0. The van der Waals surface area contributed by atoms with Gasteiger partial charge in [0.15, 0.2) is 0 Å². The summed E-state index contributed by atoms with van der Waals surface area (Å²) in [7, 11) is 0. The van der Waals surface area contributed by atoms with Crippen LogP contribution in [-0.4, -0.2) is 0 Å². The predicted octanol–water partition coefficient (Wildman–Crippen LogP) is 2.60. The van der Waals surface area contributed by atoms with Crippen molar-refractivity contribution in [2.75, 3.05) is 0 Å². The third-order valence-corrected chi connectivity index (χ3v) is 1.32. The van der Waals surface area contributed by atoms with E-state index < -0.39 is 0 Å². The van der Waals surface area contributed by atoms with Gasteiger partial charge in [-0.1, -0.05) is 19.3 Å². The fourth-order valence-electron chi connectivity index (χ4n) is 0.680. The highest BCUT2D eigenvalue weighted by atomic mass is 13.8. The zero-order valence-electron chi connectivity index (χ0n) is 7.61. The van der Waals surface area contributed by atoms with Crippen LogP contribution in [0.25, 0.3) is 0 Å². The smallest absolute Gasteiger partial charge is 0.0209 e. The van der Waals surface area contributed by atoms with Gasteiger partial charge in [0.2, 0.25) is 0 Å². The van der Waals surface area contributed by atoms with Crippen LogP contribution in [0.3, 0.4) is 0 Å². The predicted molar refractivity (Wildman–Crippen MR) is 53.1 cm³/mol. The van der Waals surface area contributed by atoms with Gasteiger partial charge < -0.3 is 0 Å². The molecule has 0 heterocycles. The third kappa shape index (κ3) is 8.68. The summed E-state index contributed by atoms with van der Waals surface area (Å²) in [5, 5.41) is 0. The summed E-state index contributed by atoms with van der Waals surface area (Å²) in [6, 6.07) is 0. The lowest BCUT2D eigenvalue weighted by molar-refractivity contribution is 0.827. The zero-order chi connectivity index (χ0) is 9.07. The van der Waals surface area contributed by atoms with Crippen molar-refractivity contribution in [2.45, 2.75) is 39.0 Å². The van der Waals surface area contributed by atoms with Crippen LogP contribution < -0.4 is 0 Å². The second-order valence-corrected chi connectivity index (χ2v) is 2.40. The molecule has 0 amide bonds. The highest BCUT2D eigenvalue weighted by Crippen LogP contribution is 1.91. The van der Waals surface area contributed by atoms with Gasteiger partial charge in [-0.25, -0.2) is 0 Å². The molecule has 0 saturated heterocycles. The van der Waals surface area contributed by atoms with Crippen molar-refractivity contribution in [3.63, 3.8) is 0 Å². The van der Waals surface area contributed by atoms with Gasteiger partial charge in [-0.3, -0.25) is 0 Å². The normalized spacial score (nSPS) is 7.00. The molecule has 12 heavy (non-hydrogen) atoms. The molecule has 0 heteroatoms. The second kappa shape index (κ2) is 9.68. The van der Waals surface area contributed by atoms with Crippen molar-refractivity contribution in [1.29, 1.82) is 0 Å². The van der Waals surface area contributed by atoms with E-state index in [4.69, 9.17) is 6.42 Å². The molecular formula is C12H14. The first-order chi connectivity index (χ1) is 5.91. The Hall–Kier alpha value is -1.32. The van der Waals surface area contributed by atoms with Crippen molar-refractivity contribution in [1.82, 2.24) is 0 Å². The molecule has 62 valence electrons. The lowest BCUT2D eigenvalue weighted by atomic mass is 10.2. The molecule has 0 unspecified atom stereocenters. The van der Waals surface area contributed by atoms with Crippen LogP contribution in [-0.2, 0) is 0 Å².